The van der Waals surface area contributed by atoms with E-state index in [0.29, 0.717) is 35.5 Å². The normalized spacial score (nSPS) is 30.8. The van der Waals surface area contributed by atoms with E-state index in [9.17, 15) is 14.7 Å². The van der Waals surface area contributed by atoms with Crippen molar-refractivity contribution >= 4 is 5.78 Å². The number of aromatic hydroxyl groups is 1. The Balaban J connectivity index is 1.99. The summed E-state index contributed by atoms with van der Waals surface area (Å²) in [4.78, 5) is 25.8. The van der Waals surface area contributed by atoms with Crippen molar-refractivity contribution in [2.24, 2.45) is 22.7 Å². The second-order valence-corrected chi connectivity index (χ2v) is 10.6. The highest BCUT2D eigenvalue weighted by Gasteiger charge is 2.57. The number of hydrogen-bond acceptors (Lipinski definition) is 4. The number of fused-ring (bicyclic) bond motifs is 1. The van der Waals surface area contributed by atoms with E-state index in [2.05, 4.69) is 40.3 Å². The summed E-state index contributed by atoms with van der Waals surface area (Å²) in [7, 11) is 0. The predicted molar refractivity (Wildman–Crippen MR) is 124 cm³/mol. The van der Waals surface area contributed by atoms with Gasteiger partial charge in [0, 0.05) is 17.4 Å². The minimum Gasteiger partial charge on any atom is -0.507 e. The molecule has 4 heteroatoms. The molecule has 4 atom stereocenters. The lowest BCUT2D eigenvalue weighted by Gasteiger charge is -2.58. The quantitative estimate of drug-likeness (QED) is 0.568. The van der Waals surface area contributed by atoms with E-state index in [0.717, 1.165) is 37.7 Å². The molecule has 1 heterocycles. The number of Topliss-reactive ketones (excluding diaryl/α,β-unsaturated/α-hetero) is 1. The number of carbonyl (C=O) groups excluding carboxylic acids is 1. The molecular formula is C27H38O4. The number of carbonyl (C=O) groups is 1. The Bertz CT molecular complexity index is 978. The molecule has 0 amide bonds. The summed E-state index contributed by atoms with van der Waals surface area (Å²) in [6.07, 6.45) is 7.58. The fraction of sp³-hybridized carbons (Fsp3) is 0.630. The first kappa shape index (κ1) is 23.6. The Labute approximate surface area is 186 Å². The van der Waals surface area contributed by atoms with Crippen molar-refractivity contribution in [3.05, 3.63) is 51.1 Å². The standard InChI is InChI=1S/C27H38O4/c1-16(2)9-8-13-27(7)22-11-10-17(3)21(26(22,6)14-12-23(27)28)15-20-24(29)18(4)19(5)31-25(20)30/h9,21-22,29H,3,8,10-15H2,1-2,4-7H3. The Morgan fingerprint density at radius 3 is 2.55 bits per heavy atom. The molecule has 1 N–H and O–H groups in total. The molecule has 0 saturated heterocycles. The summed E-state index contributed by atoms with van der Waals surface area (Å²) in [5.41, 5.74) is 2.40. The molecule has 0 aromatic carbocycles. The molecule has 0 bridgehead atoms. The number of ketones is 1. The van der Waals surface area contributed by atoms with Crippen molar-refractivity contribution in [1.29, 1.82) is 0 Å². The Hall–Kier alpha value is -2.10. The van der Waals surface area contributed by atoms with Gasteiger partial charge in [0.05, 0.1) is 5.56 Å². The third-order valence-corrected chi connectivity index (χ3v) is 8.42. The molecule has 0 aliphatic heterocycles. The average molecular weight is 427 g/mol. The lowest BCUT2D eigenvalue weighted by molar-refractivity contribution is -0.147. The lowest BCUT2D eigenvalue weighted by Crippen LogP contribution is -2.54. The van der Waals surface area contributed by atoms with Gasteiger partial charge in [0.25, 0.3) is 0 Å². The van der Waals surface area contributed by atoms with Crippen LogP contribution in [0.3, 0.4) is 0 Å². The summed E-state index contributed by atoms with van der Waals surface area (Å²) < 4.78 is 5.39. The predicted octanol–water partition coefficient (Wildman–Crippen LogP) is 6.21. The maximum Gasteiger partial charge on any atom is 0.342 e. The molecule has 2 fully saturated rings. The maximum absolute atomic E-state index is 13.2. The molecule has 4 nitrogen and oxygen atoms in total. The van der Waals surface area contributed by atoms with Crippen LogP contribution in [0, 0.1) is 36.5 Å². The van der Waals surface area contributed by atoms with Gasteiger partial charge in [-0.25, -0.2) is 4.79 Å². The fourth-order valence-corrected chi connectivity index (χ4v) is 6.30. The van der Waals surface area contributed by atoms with E-state index >= 15 is 0 Å². The topological polar surface area (TPSA) is 67.5 Å². The molecule has 1 aromatic heterocycles. The highest BCUT2D eigenvalue weighted by atomic mass is 16.4. The first-order chi connectivity index (χ1) is 14.4. The van der Waals surface area contributed by atoms with Gasteiger partial charge in [-0.15, -0.1) is 0 Å². The zero-order valence-electron chi connectivity index (χ0n) is 20.1. The zero-order valence-corrected chi connectivity index (χ0v) is 20.1. The third kappa shape index (κ3) is 4.06. The zero-order chi connectivity index (χ0) is 23.1. The van der Waals surface area contributed by atoms with Gasteiger partial charge in [0.2, 0.25) is 0 Å². The van der Waals surface area contributed by atoms with Crippen molar-refractivity contribution < 1.29 is 14.3 Å². The molecule has 170 valence electrons. The highest BCUT2D eigenvalue weighted by molar-refractivity contribution is 5.86. The number of aryl methyl sites for hydroxylation is 1. The van der Waals surface area contributed by atoms with Gasteiger partial charge >= 0.3 is 5.63 Å². The van der Waals surface area contributed by atoms with E-state index < -0.39 is 5.63 Å². The SMILES string of the molecule is C=C1CCC2C(C)(CCC=C(C)C)C(=O)CCC2(C)C1Cc1c(O)c(C)c(C)oc1=O. The Morgan fingerprint density at radius 1 is 1.23 bits per heavy atom. The minimum absolute atomic E-state index is 0.0398. The van der Waals surface area contributed by atoms with Gasteiger partial charge in [-0.05, 0) is 83.5 Å². The van der Waals surface area contributed by atoms with Crippen molar-refractivity contribution in [2.75, 3.05) is 0 Å². The molecular weight excluding hydrogens is 388 g/mol. The molecule has 2 aliphatic carbocycles. The summed E-state index contributed by atoms with van der Waals surface area (Å²) in [6.45, 7) is 16.5. The van der Waals surface area contributed by atoms with Crippen LogP contribution < -0.4 is 5.63 Å². The molecule has 4 unspecified atom stereocenters. The Morgan fingerprint density at radius 2 is 1.90 bits per heavy atom. The van der Waals surface area contributed by atoms with Crippen LogP contribution in [-0.2, 0) is 11.2 Å². The van der Waals surface area contributed by atoms with E-state index in [-0.39, 0.29) is 28.4 Å². The molecule has 2 aliphatic rings. The second-order valence-electron chi connectivity index (χ2n) is 10.6. The van der Waals surface area contributed by atoms with Crippen LogP contribution in [0.4, 0.5) is 0 Å². The summed E-state index contributed by atoms with van der Waals surface area (Å²) in [5, 5.41) is 10.7. The largest absolute Gasteiger partial charge is 0.507 e. The number of hydrogen-bond donors (Lipinski definition) is 1. The van der Waals surface area contributed by atoms with Crippen LogP contribution in [0.5, 0.6) is 5.75 Å². The van der Waals surface area contributed by atoms with Crippen molar-refractivity contribution in [2.45, 2.75) is 86.5 Å². The smallest absolute Gasteiger partial charge is 0.342 e. The molecule has 2 saturated carbocycles. The van der Waals surface area contributed by atoms with Crippen LogP contribution in [0.25, 0.3) is 0 Å². The second kappa shape index (κ2) is 8.44. The van der Waals surface area contributed by atoms with Crippen molar-refractivity contribution in [3.8, 4) is 5.75 Å². The van der Waals surface area contributed by atoms with Gasteiger partial charge in [0.1, 0.15) is 17.3 Å². The maximum atomic E-state index is 13.2. The van der Waals surface area contributed by atoms with Gasteiger partial charge < -0.3 is 9.52 Å². The van der Waals surface area contributed by atoms with Gasteiger partial charge in [-0.2, -0.15) is 0 Å². The van der Waals surface area contributed by atoms with E-state index in [1.54, 1.807) is 13.8 Å². The first-order valence-electron chi connectivity index (χ1n) is 11.6. The first-order valence-corrected chi connectivity index (χ1v) is 11.6. The minimum atomic E-state index is -0.461. The summed E-state index contributed by atoms with van der Waals surface area (Å²) in [5.74, 6) is 1.15. The molecule has 31 heavy (non-hydrogen) atoms. The van der Waals surface area contributed by atoms with Crippen LogP contribution in [0.1, 0.15) is 83.1 Å². The van der Waals surface area contributed by atoms with Crippen molar-refractivity contribution in [1.82, 2.24) is 0 Å². The van der Waals surface area contributed by atoms with Crippen LogP contribution in [-0.4, -0.2) is 10.9 Å². The molecule has 1 aromatic rings. The fourth-order valence-electron chi connectivity index (χ4n) is 6.30. The highest BCUT2D eigenvalue weighted by Crippen LogP contribution is 2.61. The number of allylic oxidation sites excluding steroid dienone is 3. The number of rotatable bonds is 5. The lowest BCUT2D eigenvalue weighted by atomic mass is 9.45. The van der Waals surface area contributed by atoms with E-state index in [1.165, 1.54) is 5.57 Å². The van der Waals surface area contributed by atoms with Gasteiger partial charge in [-0.3, -0.25) is 4.79 Å². The van der Waals surface area contributed by atoms with Crippen LogP contribution in [0.15, 0.2) is 33.0 Å². The summed E-state index contributed by atoms with van der Waals surface area (Å²) >= 11 is 0. The monoisotopic (exact) mass is 426 g/mol. The molecule has 0 radical (unpaired) electrons. The third-order valence-electron chi connectivity index (χ3n) is 8.42. The van der Waals surface area contributed by atoms with Crippen LogP contribution in [0.2, 0.25) is 0 Å². The van der Waals surface area contributed by atoms with E-state index in [4.69, 9.17) is 4.42 Å². The van der Waals surface area contributed by atoms with Crippen LogP contribution >= 0.6 is 0 Å². The Kier molecular flexibility index (Phi) is 6.42. The van der Waals surface area contributed by atoms with Gasteiger partial charge in [-0.1, -0.05) is 37.6 Å². The molecule has 3 rings (SSSR count). The van der Waals surface area contributed by atoms with Gasteiger partial charge in [0.15, 0.2) is 0 Å². The molecule has 0 spiro atoms. The van der Waals surface area contributed by atoms with Crippen molar-refractivity contribution in [3.63, 3.8) is 0 Å². The average Bonchev–Trinajstić information content (AvgIpc) is 2.68. The summed E-state index contributed by atoms with van der Waals surface area (Å²) in [6, 6.07) is 0. The van der Waals surface area contributed by atoms with E-state index in [1.807, 2.05) is 0 Å².